The number of likely N-dealkylation sites (tertiary alicyclic amines) is 2. The molecule has 4 heteroatoms. The van der Waals surface area contributed by atoms with Crippen LogP contribution in [0, 0.1) is 17.8 Å². The summed E-state index contributed by atoms with van der Waals surface area (Å²) in [6.07, 6.45) is 7.97. The summed E-state index contributed by atoms with van der Waals surface area (Å²) in [5, 5.41) is 0. The molecule has 0 bridgehead atoms. The fourth-order valence-electron chi connectivity index (χ4n) is 5.81. The minimum absolute atomic E-state index is 0.723. The van der Waals surface area contributed by atoms with Crippen LogP contribution in [0.4, 0.5) is 0 Å². The summed E-state index contributed by atoms with van der Waals surface area (Å²) in [5.74, 6) is 2.55. The van der Waals surface area contributed by atoms with Gasteiger partial charge in [-0.2, -0.15) is 0 Å². The van der Waals surface area contributed by atoms with E-state index in [0.717, 1.165) is 23.8 Å². The zero-order valence-corrected chi connectivity index (χ0v) is 20.6. The second kappa shape index (κ2) is 11.9. The van der Waals surface area contributed by atoms with Gasteiger partial charge in [-0.3, -0.25) is 9.80 Å². The van der Waals surface area contributed by atoms with Crippen LogP contribution in [0.3, 0.4) is 0 Å². The van der Waals surface area contributed by atoms with Crippen molar-refractivity contribution in [2.75, 3.05) is 65.4 Å². The van der Waals surface area contributed by atoms with E-state index in [-0.39, 0.29) is 0 Å². The molecule has 30 heavy (non-hydrogen) atoms. The molecule has 3 aliphatic rings. The van der Waals surface area contributed by atoms with Gasteiger partial charge in [0.25, 0.3) is 0 Å². The predicted molar refractivity (Wildman–Crippen MR) is 130 cm³/mol. The first-order valence-electron chi connectivity index (χ1n) is 13.1. The molecule has 3 fully saturated rings. The molecule has 0 aromatic heterocycles. The van der Waals surface area contributed by atoms with Gasteiger partial charge in [-0.15, -0.1) is 0 Å². The summed E-state index contributed by atoms with van der Waals surface area (Å²) < 4.78 is 0. The maximum atomic E-state index is 4.56. The van der Waals surface area contributed by atoms with Gasteiger partial charge in [0, 0.05) is 70.0 Å². The summed E-state index contributed by atoms with van der Waals surface area (Å²) in [7, 11) is 0. The molecule has 0 spiro atoms. The summed E-state index contributed by atoms with van der Waals surface area (Å²) in [6.45, 7) is 26.6. The highest BCUT2D eigenvalue weighted by atomic mass is 15.3. The smallest absolute Gasteiger partial charge is 0.0177 e. The van der Waals surface area contributed by atoms with Crippen LogP contribution in [0.25, 0.3) is 0 Å². The number of hydrogen-bond donors (Lipinski definition) is 0. The van der Waals surface area contributed by atoms with Gasteiger partial charge in [-0.05, 0) is 64.0 Å². The molecule has 2 unspecified atom stereocenters. The highest BCUT2D eigenvalue weighted by Gasteiger charge is 2.28. The first-order valence-corrected chi connectivity index (χ1v) is 13.1. The number of piperazine rings is 1. The number of piperidine rings is 2. The lowest BCUT2D eigenvalue weighted by Crippen LogP contribution is -2.51. The van der Waals surface area contributed by atoms with E-state index in [2.05, 4.69) is 53.9 Å². The van der Waals surface area contributed by atoms with E-state index in [9.17, 15) is 0 Å². The SMILES string of the molecule is C=C(C1CCN(CCN2CCN(C(C)CC)CC2)CC1)N1CCC(C(C)CC)CC1. The Labute approximate surface area is 187 Å². The van der Waals surface area contributed by atoms with Crippen molar-refractivity contribution in [2.45, 2.75) is 72.3 Å². The summed E-state index contributed by atoms with van der Waals surface area (Å²) in [6, 6.07) is 0.750. The van der Waals surface area contributed by atoms with Crippen LogP contribution in [-0.2, 0) is 0 Å². The second-order valence-corrected chi connectivity index (χ2v) is 10.5. The van der Waals surface area contributed by atoms with Crippen molar-refractivity contribution < 1.29 is 0 Å². The van der Waals surface area contributed by atoms with Gasteiger partial charge in [0.2, 0.25) is 0 Å². The quantitative estimate of drug-likeness (QED) is 0.551. The maximum Gasteiger partial charge on any atom is 0.0177 e. The minimum atomic E-state index is 0.723. The van der Waals surface area contributed by atoms with E-state index >= 15 is 0 Å². The lowest BCUT2D eigenvalue weighted by atomic mass is 9.83. The van der Waals surface area contributed by atoms with E-state index in [1.54, 1.807) is 0 Å². The average molecular weight is 419 g/mol. The highest BCUT2D eigenvalue weighted by Crippen LogP contribution is 2.32. The Kier molecular flexibility index (Phi) is 9.53. The molecular formula is C26H50N4. The van der Waals surface area contributed by atoms with E-state index in [1.807, 2.05) is 0 Å². The van der Waals surface area contributed by atoms with E-state index in [4.69, 9.17) is 0 Å². The zero-order valence-electron chi connectivity index (χ0n) is 20.6. The Morgan fingerprint density at radius 3 is 1.87 bits per heavy atom. The average Bonchev–Trinajstić information content (AvgIpc) is 2.82. The molecule has 2 atom stereocenters. The predicted octanol–water partition coefficient (Wildman–Crippen LogP) is 4.39. The number of rotatable bonds is 9. The topological polar surface area (TPSA) is 13.0 Å². The van der Waals surface area contributed by atoms with Gasteiger partial charge in [-0.1, -0.05) is 33.8 Å². The first-order chi connectivity index (χ1) is 14.5. The van der Waals surface area contributed by atoms with E-state index in [0.29, 0.717) is 0 Å². The molecule has 174 valence electrons. The number of allylic oxidation sites excluding steroid dienone is 1. The Bertz CT molecular complexity index is 497. The molecular weight excluding hydrogens is 368 g/mol. The van der Waals surface area contributed by atoms with Crippen molar-refractivity contribution >= 4 is 0 Å². The molecule has 0 aromatic carbocycles. The molecule has 3 saturated heterocycles. The van der Waals surface area contributed by atoms with Crippen molar-refractivity contribution in [3.63, 3.8) is 0 Å². The largest absolute Gasteiger partial charge is 0.375 e. The molecule has 0 N–H and O–H groups in total. The van der Waals surface area contributed by atoms with Crippen LogP contribution in [0.15, 0.2) is 12.3 Å². The van der Waals surface area contributed by atoms with Gasteiger partial charge >= 0.3 is 0 Å². The monoisotopic (exact) mass is 418 g/mol. The Hall–Kier alpha value is -0.580. The van der Waals surface area contributed by atoms with Gasteiger partial charge in [0.05, 0.1) is 0 Å². The van der Waals surface area contributed by atoms with Crippen molar-refractivity contribution in [1.82, 2.24) is 19.6 Å². The molecule has 3 aliphatic heterocycles. The Balaban J connectivity index is 1.31. The molecule has 0 saturated carbocycles. The molecule has 0 radical (unpaired) electrons. The third kappa shape index (κ3) is 6.46. The van der Waals surface area contributed by atoms with Crippen LogP contribution in [-0.4, -0.2) is 91.1 Å². The van der Waals surface area contributed by atoms with Gasteiger partial charge in [0.1, 0.15) is 0 Å². The standard InChI is InChI=1S/C26H50N4/c1-6-22(3)25-10-14-30(15-11-25)24(5)26-8-12-27(13-9-26)16-17-28-18-20-29(21-19-28)23(4)7-2/h22-23,25-26H,5-21H2,1-4H3. The maximum absolute atomic E-state index is 4.56. The Morgan fingerprint density at radius 1 is 0.767 bits per heavy atom. The van der Waals surface area contributed by atoms with Crippen LogP contribution in [0.1, 0.15) is 66.2 Å². The van der Waals surface area contributed by atoms with Gasteiger partial charge in [0.15, 0.2) is 0 Å². The zero-order chi connectivity index (χ0) is 21.5. The molecule has 3 rings (SSSR count). The van der Waals surface area contributed by atoms with Gasteiger partial charge < -0.3 is 9.80 Å². The Morgan fingerprint density at radius 2 is 1.33 bits per heavy atom. The lowest BCUT2D eigenvalue weighted by Gasteiger charge is -2.42. The van der Waals surface area contributed by atoms with E-state index in [1.165, 1.54) is 110 Å². The second-order valence-electron chi connectivity index (χ2n) is 10.5. The summed E-state index contributed by atoms with van der Waals surface area (Å²) in [5.41, 5.74) is 1.46. The van der Waals surface area contributed by atoms with Crippen molar-refractivity contribution in [1.29, 1.82) is 0 Å². The lowest BCUT2D eigenvalue weighted by molar-refractivity contribution is 0.0852. The molecule has 3 heterocycles. The third-order valence-electron chi connectivity index (χ3n) is 8.81. The fourth-order valence-corrected chi connectivity index (χ4v) is 5.81. The molecule has 0 aliphatic carbocycles. The van der Waals surface area contributed by atoms with Crippen LogP contribution in [0.2, 0.25) is 0 Å². The number of hydrogen-bond acceptors (Lipinski definition) is 4. The van der Waals surface area contributed by atoms with E-state index < -0.39 is 0 Å². The molecule has 0 aromatic rings. The van der Waals surface area contributed by atoms with Crippen LogP contribution < -0.4 is 0 Å². The third-order valence-corrected chi connectivity index (χ3v) is 8.81. The minimum Gasteiger partial charge on any atom is -0.375 e. The normalized spacial score (nSPS) is 26.1. The van der Waals surface area contributed by atoms with Gasteiger partial charge in [-0.25, -0.2) is 0 Å². The van der Waals surface area contributed by atoms with Crippen molar-refractivity contribution in [3.8, 4) is 0 Å². The molecule has 4 nitrogen and oxygen atoms in total. The summed E-state index contributed by atoms with van der Waals surface area (Å²) >= 11 is 0. The summed E-state index contributed by atoms with van der Waals surface area (Å²) in [4.78, 5) is 10.7. The number of nitrogens with zero attached hydrogens (tertiary/aromatic N) is 4. The highest BCUT2D eigenvalue weighted by molar-refractivity contribution is 5.03. The fraction of sp³-hybridized carbons (Fsp3) is 0.923. The van der Waals surface area contributed by atoms with Crippen LogP contribution >= 0.6 is 0 Å². The van der Waals surface area contributed by atoms with Crippen molar-refractivity contribution in [3.05, 3.63) is 12.3 Å². The van der Waals surface area contributed by atoms with Crippen LogP contribution in [0.5, 0.6) is 0 Å². The first kappa shape index (κ1) is 24.1. The molecule has 0 amide bonds. The van der Waals surface area contributed by atoms with Crippen molar-refractivity contribution in [2.24, 2.45) is 17.8 Å².